The number of halogens is 1. The van der Waals surface area contributed by atoms with Gasteiger partial charge in [0.2, 0.25) is 5.88 Å². The van der Waals surface area contributed by atoms with E-state index in [1.165, 1.54) is 5.56 Å². The van der Waals surface area contributed by atoms with Crippen molar-refractivity contribution >= 4 is 11.6 Å². The van der Waals surface area contributed by atoms with E-state index in [0.29, 0.717) is 10.9 Å². The molecule has 0 bridgehead atoms. The minimum absolute atomic E-state index is 0.103. The molecule has 94 valence electrons. The van der Waals surface area contributed by atoms with Gasteiger partial charge in [0.15, 0.2) is 0 Å². The average Bonchev–Trinajstić information content (AvgIpc) is 2.32. The standard InChI is InChI=1S/C15H16ClNO/c1-15(2,3)11-4-9-14(17-10-11)18-13-7-5-12(16)6-8-13/h4-10H,1-3H3. The molecule has 0 aliphatic carbocycles. The van der Waals surface area contributed by atoms with E-state index in [1.54, 1.807) is 12.1 Å². The summed E-state index contributed by atoms with van der Waals surface area (Å²) in [6.07, 6.45) is 1.85. The molecule has 1 aromatic carbocycles. The topological polar surface area (TPSA) is 22.1 Å². The maximum Gasteiger partial charge on any atom is 0.219 e. The number of benzene rings is 1. The Bertz CT molecular complexity index is 512. The Kier molecular flexibility index (Phi) is 3.58. The van der Waals surface area contributed by atoms with Crippen LogP contribution in [0.1, 0.15) is 26.3 Å². The van der Waals surface area contributed by atoms with Crippen LogP contribution in [0.4, 0.5) is 0 Å². The summed E-state index contributed by atoms with van der Waals surface area (Å²) in [6, 6.07) is 11.2. The molecule has 0 unspecified atom stereocenters. The molecule has 1 aromatic heterocycles. The van der Waals surface area contributed by atoms with Gasteiger partial charge in [-0.3, -0.25) is 0 Å². The zero-order valence-corrected chi connectivity index (χ0v) is 11.5. The van der Waals surface area contributed by atoms with Gasteiger partial charge in [-0.25, -0.2) is 4.98 Å². The van der Waals surface area contributed by atoms with Gasteiger partial charge in [-0.05, 0) is 35.2 Å². The van der Waals surface area contributed by atoms with Crippen molar-refractivity contribution in [3.8, 4) is 11.6 Å². The van der Waals surface area contributed by atoms with Crippen molar-refractivity contribution in [1.82, 2.24) is 4.98 Å². The monoisotopic (exact) mass is 261 g/mol. The van der Waals surface area contributed by atoms with Gasteiger partial charge in [-0.15, -0.1) is 0 Å². The minimum Gasteiger partial charge on any atom is -0.439 e. The lowest BCUT2D eigenvalue weighted by Gasteiger charge is -2.18. The minimum atomic E-state index is 0.103. The number of hydrogen-bond acceptors (Lipinski definition) is 2. The molecule has 0 N–H and O–H groups in total. The van der Waals surface area contributed by atoms with Crippen LogP contribution in [0.25, 0.3) is 0 Å². The molecular formula is C15H16ClNO. The fourth-order valence-corrected chi connectivity index (χ4v) is 1.63. The predicted octanol–water partition coefficient (Wildman–Crippen LogP) is 4.82. The molecule has 2 aromatic rings. The van der Waals surface area contributed by atoms with Gasteiger partial charge in [0.1, 0.15) is 5.75 Å². The van der Waals surface area contributed by atoms with Gasteiger partial charge in [-0.1, -0.05) is 38.4 Å². The summed E-state index contributed by atoms with van der Waals surface area (Å²) >= 11 is 5.81. The van der Waals surface area contributed by atoms with E-state index in [1.807, 2.05) is 30.5 Å². The first-order chi connectivity index (χ1) is 8.45. The molecular weight excluding hydrogens is 246 g/mol. The van der Waals surface area contributed by atoms with Crippen LogP contribution in [0.2, 0.25) is 5.02 Å². The van der Waals surface area contributed by atoms with Crippen LogP contribution in [-0.2, 0) is 5.41 Å². The summed E-state index contributed by atoms with van der Waals surface area (Å²) in [6.45, 7) is 6.47. The lowest BCUT2D eigenvalue weighted by molar-refractivity contribution is 0.461. The highest BCUT2D eigenvalue weighted by Gasteiger charge is 2.13. The van der Waals surface area contributed by atoms with E-state index >= 15 is 0 Å². The number of aromatic nitrogens is 1. The van der Waals surface area contributed by atoms with Crippen LogP contribution < -0.4 is 4.74 Å². The van der Waals surface area contributed by atoms with Crippen molar-refractivity contribution in [3.05, 3.63) is 53.2 Å². The molecule has 1 heterocycles. The Hall–Kier alpha value is -1.54. The van der Waals surface area contributed by atoms with E-state index < -0.39 is 0 Å². The second-order valence-corrected chi connectivity index (χ2v) is 5.63. The second kappa shape index (κ2) is 4.99. The molecule has 2 nitrogen and oxygen atoms in total. The highest BCUT2D eigenvalue weighted by atomic mass is 35.5. The molecule has 0 saturated heterocycles. The maximum absolute atomic E-state index is 5.81. The summed E-state index contributed by atoms with van der Waals surface area (Å²) in [5.41, 5.74) is 1.29. The molecule has 0 fully saturated rings. The van der Waals surface area contributed by atoms with Crippen molar-refractivity contribution in [2.45, 2.75) is 26.2 Å². The molecule has 0 spiro atoms. The van der Waals surface area contributed by atoms with Crippen LogP contribution in [0.5, 0.6) is 11.6 Å². The van der Waals surface area contributed by atoms with Crippen molar-refractivity contribution in [2.75, 3.05) is 0 Å². The summed E-state index contributed by atoms with van der Waals surface area (Å²) in [5.74, 6) is 1.32. The maximum atomic E-state index is 5.81. The zero-order chi connectivity index (χ0) is 13.2. The first-order valence-corrected chi connectivity index (χ1v) is 6.23. The van der Waals surface area contributed by atoms with Crippen molar-refractivity contribution in [3.63, 3.8) is 0 Å². The second-order valence-electron chi connectivity index (χ2n) is 5.19. The number of ether oxygens (including phenoxy) is 1. The lowest BCUT2D eigenvalue weighted by Crippen LogP contribution is -2.11. The fraction of sp³-hybridized carbons (Fsp3) is 0.267. The molecule has 0 saturated carbocycles. The SMILES string of the molecule is CC(C)(C)c1ccc(Oc2ccc(Cl)cc2)nc1. The number of hydrogen-bond donors (Lipinski definition) is 0. The normalized spacial score (nSPS) is 11.3. The third kappa shape index (κ3) is 3.23. The van der Waals surface area contributed by atoms with E-state index in [0.717, 1.165) is 5.75 Å². The summed E-state index contributed by atoms with van der Waals surface area (Å²) in [5, 5.41) is 0.693. The van der Waals surface area contributed by atoms with E-state index in [4.69, 9.17) is 16.3 Å². The largest absolute Gasteiger partial charge is 0.439 e. The first kappa shape index (κ1) is 12.9. The Morgan fingerprint density at radius 3 is 2.17 bits per heavy atom. The van der Waals surface area contributed by atoms with Crippen molar-refractivity contribution in [1.29, 1.82) is 0 Å². The molecule has 0 aliphatic heterocycles. The van der Waals surface area contributed by atoms with E-state index in [9.17, 15) is 0 Å². The van der Waals surface area contributed by atoms with Crippen molar-refractivity contribution in [2.24, 2.45) is 0 Å². The Morgan fingerprint density at radius 2 is 1.67 bits per heavy atom. The molecule has 0 aliphatic rings. The summed E-state index contributed by atoms with van der Waals surface area (Å²) < 4.78 is 5.63. The van der Waals surface area contributed by atoms with Crippen LogP contribution in [0.15, 0.2) is 42.6 Å². The van der Waals surface area contributed by atoms with Gasteiger partial charge in [-0.2, -0.15) is 0 Å². The van der Waals surface area contributed by atoms with Gasteiger partial charge in [0.05, 0.1) is 0 Å². The number of pyridine rings is 1. The molecule has 0 atom stereocenters. The predicted molar refractivity (Wildman–Crippen MR) is 74.5 cm³/mol. The Balaban J connectivity index is 2.13. The van der Waals surface area contributed by atoms with E-state index in [2.05, 4.69) is 25.8 Å². The Morgan fingerprint density at radius 1 is 1.00 bits per heavy atom. The average molecular weight is 262 g/mol. The van der Waals surface area contributed by atoms with Crippen LogP contribution >= 0.6 is 11.6 Å². The van der Waals surface area contributed by atoms with Crippen LogP contribution in [-0.4, -0.2) is 4.98 Å². The highest BCUT2D eigenvalue weighted by molar-refractivity contribution is 6.30. The Labute approximate surface area is 113 Å². The van der Waals surface area contributed by atoms with Gasteiger partial charge in [0.25, 0.3) is 0 Å². The highest BCUT2D eigenvalue weighted by Crippen LogP contribution is 2.25. The third-order valence-corrected chi connectivity index (χ3v) is 2.89. The third-order valence-electron chi connectivity index (χ3n) is 2.64. The quantitative estimate of drug-likeness (QED) is 0.773. The zero-order valence-electron chi connectivity index (χ0n) is 10.8. The molecule has 2 rings (SSSR count). The first-order valence-electron chi connectivity index (χ1n) is 5.85. The molecule has 3 heteroatoms. The smallest absolute Gasteiger partial charge is 0.219 e. The summed E-state index contributed by atoms with van der Waals surface area (Å²) in [7, 11) is 0. The van der Waals surface area contributed by atoms with Crippen molar-refractivity contribution < 1.29 is 4.74 Å². The van der Waals surface area contributed by atoms with Gasteiger partial charge < -0.3 is 4.74 Å². The van der Waals surface area contributed by atoms with Gasteiger partial charge >= 0.3 is 0 Å². The lowest BCUT2D eigenvalue weighted by atomic mass is 9.88. The van der Waals surface area contributed by atoms with E-state index in [-0.39, 0.29) is 5.41 Å². The molecule has 0 radical (unpaired) electrons. The molecule has 0 amide bonds. The van der Waals surface area contributed by atoms with Crippen LogP contribution in [0.3, 0.4) is 0 Å². The van der Waals surface area contributed by atoms with Gasteiger partial charge in [0, 0.05) is 17.3 Å². The number of rotatable bonds is 2. The van der Waals surface area contributed by atoms with Crippen LogP contribution in [0, 0.1) is 0 Å². The molecule has 18 heavy (non-hydrogen) atoms. The fourth-order valence-electron chi connectivity index (χ4n) is 1.51. The number of nitrogens with zero attached hydrogens (tertiary/aromatic N) is 1. The summed E-state index contributed by atoms with van der Waals surface area (Å²) in [4.78, 5) is 4.31.